The van der Waals surface area contributed by atoms with E-state index in [9.17, 15) is 0 Å². The minimum Gasteiger partial charge on any atom is -0.301 e. The monoisotopic (exact) mass is 457 g/mol. The quantitative estimate of drug-likeness (QED) is 0.474. The second-order valence-electron chi connectivity index (χ2n) is 11.1. The molecule has 4 bridgehead atoms. The van der Waals surface area contributed by atoms with Crippen molar-refractivity contribution in [2.45, 2.75) is 94.5 Å². The normalized spacial score (nSPS) is 40.6. The third-order valence-electron chi connectivity index (χ3n) is 8.29. The van der Waals surface area contributed by atoms with Gasteiger partial charge in [-0.05, 0) is 83.2 Å². The minimum atomic E-state index is 0.274. The molecular weight excluding hydrogens is 414 g/mol. The molecule has 32 heavy (non-hydrogen) atoms. The van der Waals surface area contributed by atoms with E-state index in [4.69, 9.17) is 0 Å². The van der Waals surface area contributed by atoms with Crippen LogP contribution in [-0.2, 0) is 0 Å². The molecule has 6 unspecified atom stereocenters. The molecule has 6 heteroatoms. The van der Waals surface area contributed by atoms with Crippen LogP contribution >= 0.6 is 11.9 Å². The molecule has 0 amide bonds. The van der Waals surface area contributed by atoms with Gasteiger partial charge in [-0.2, -0.15) is 0 Å². The molecule has 7 atom stereocenters. The summed E-state index contributed by atoms with van der Waals surface area (Å²) in [5, 5.41) is 12.3. The van der Waals surface area contributed by atoms with Gasteiger partial charge in [0.15, 0.2) is 0 Å². The summed E-state index contributed by atoms with van der Waals surface area (Å²) < 4.78 is 3.80. The second kappa shape index (κ2) is 10.3. The molecule has 0 aliphatic carbocycles. The Morgan fingerprint density at radius 2 is 1.84 bits per heavy atom. The molecule has 1 aromatic rings. The first-order valence-corrected chi connectivity index (χ1v) is 13.9. The van der Waals surface area contributed by atoms with Crippen LogP contribution in [0.4, 0.5) is 0 Å². The Labute approximate surface area is 199 Å². The number of nitrogens with one attached hydrogen (secondary N) is 4. The number of piperidine rings is 2. The summed E-state index contributed by atoms with van der Waals surface area (Å²) in [6, 6.07) is 11.6. The van der Waals surface area contributed by atoms with E-state index in [0.717, 1.165) is 19.0 Å². The van der Waals surface area contributed by atoms with Crippen LogP contribution in [0.3, 0.4) is 0 Å². The molecular formula is C26H43N5S. The van der Waals surface area contributed by atoms with Crippen molar-refractivity contribution in [3.05, 3.63) is 35.9 Å². The van der Waals surface area contributed by atoms with Gasteiger partial charge in [0.2, 0.25) is 0 Å². The fraction of sp³-hybridized carbons (Fsp3) is 0.769. The standard InChI is InChI=1S/C26H43N5S/c1-26(2)16-19-13-14-22(20-8-4-3-5-9-20)29-23-11-6-12-24(30-23)32-28-17-21-10-7-15-27-25(21)31(26)18-19/h3-5,8-9,19,21-25,27-30H,6-7,10-18H2,1-2H3/t19-,21?,22?,23?,24?,25?/m0/s1. The van der Waals surface area contributed by atoms with E-state index in [1.807, 2.05) is 11.9 Å². The highest BCUT2D eigenvalue weighted by molar-refractivity contribution is 7.98. The van der Waals surface area contributed by atoms with Crippen molar-refractivity contribution in [1.29, 1.82) is 0 Å². The van der Waals surface area contributed by atoms with Crippen LogP contribution in [0.15, 0.2) is 30.3 Å². The molecule has 0 spiro atoms. The molecule has 5 nitrogen and oxygen atoms in total. The van der Waals surface area contributed by atoms with Gasteiger partial charge >= 0.3 is 0 Å². The van der Waals surface area contributed by atoms with Gasteiger partial charge in [-0.1, -0.05) is 42.3 Å². The maximum Gasteiger partial charge on any atom is 0.0690 e. The van der Waals surface area contributed by atoms with Crippen LogP contribution in [0.2, 0.25) is 0 Å². The van der Waals surface area contributed by atoms with Crippen molar-refractivity contribution in [3.63, 3.8) is 0 Å². The van der Waals surface area contributed by atoms with E-state index >= 15 is 0 Å². The highest BCUT2D eigenvalue weighted by Crippen LogP contribution is 2.40. The van der Waals surface area contributed by atoms with Crippen molar-refractivity contribution in [3.8, 4) is 0 Å². The lowest BCUT2D eigenvalue weighted by Gasteiger charge is -2.45. The Bertz CT molecular complexity index is 728. The van der Waals surface area contributed by atoms with Gasteiger partial charge in [-0.15, -0.1) is 0 Å². The fourth-order valence-corrected chi connectivity index (χ4v) is 7.70. The lowest BCUT2D eigenvalue weighted by molar-refractivity contribution is 0.0374. The zero-order valence-corrected chi connectivity index (χ0v) is 20.8. The predicted molar refractivity (Wildman–Crippen MR) is 135 cm³/mol. The van der Waals surface area contributed by atoms with Gasteiger partial charge in [0.1, 0.15) is 0 Å². The van der Waals surface area contributed by atoms with Crippen LogP contribution in [-0.4, -0.2) is 47.8 Å². The fourth-order valence-electron chi connectivity index (χ4n) is 6.67. The molecule has 0 radical (unpaired) electrons. The summed E-state index contributed by atoms with van der Waals surface area (Å²) in [5.41, 5.74) is 1.71. The number of benzene rings is 1. The highest BCUT2D eigenvalue weighted by Gasteiger charge is 2.44. The van der Waals surface area contributed by atoms with E-state index in [1.54, 1.807) is 0 Å². The predicted octanol–water partition coefficient (Wildman–Crippen LogP) is 4.20. The van der Waals surface area contributed by atoms with Crippen molar-refractivity contribution < 1.29 is 0 Å². The average Bonchev–Trinajstić information content (AvgIpc) is 3.11. The van der Waals surface area contributed by atoms with Crippen molar-refractivity contribution in [2.24, 2.45) is 11.8 Å². The van der Waals surface area contributed by atoms with E-state index < -0.39 is 0 Å². The molecule has 5 rings (SSSR count). The van der Waals surface area contributed by atoms with Crippen LogP contribution in [0, 0.1) is 11.8 Å². The Hall–Kier alpha value is -0.630. The molecule has 4 N–H and O–H groups in total. The lowest BCUT2D eigenvalue weighted by Crippen LogP contribution is -2.59. The summed E-state index contributed by atoms with van der Waals surface area (Å²) in [6.45, 7) is 8.46. The number of fused-ring (bicyclic) bond motifs is 6. The Balaban J connectivity index is 1.37. The zero-order valence-electron chi connectivity index (χ0n) is 20.0. The molecule has 178 valence electrons. The van der Waals surface area contributed by atoms with E-state index in [1.165, 1.54) is 63.5 Å². The topological polar surface area (TPSA) is 51.4 Å². The van der Waals surface area contributed by atoms with Gasteiger partial charge < -0.3 is 5.32 Å². The minimum absolute atomic E-state index is 0.274. The smallest absolute Gasteiger partial charge is 0.0690 e. The Morgan fingerprint density at radius 1 is 0.969 bits per heavy atom. The second-order valence-corrected chi connectivity index (χ2v) is 12.2. The molecule has 0 saturated carbocycles. The number of rotatable bonds is 1. The van der Waals surface area contributed by atoms with Crippen LogP contribution in [0.25, 0.3) is 0 Å². The van der Waals surface area contributed by atoms with E-state index in [0.29, 0.717) is 29.7 Å². The molecule has 0 aromatic heterocycles. The largest absolute Gasteiger partial charge is 0.301 e. The molecule has 4 fully saturated rings. The summed E-state index contributed by atoms with van der Waals surface area (Å²) in [4.78, 5) is 2.83. The van der Waals surface area contributed by atoms with Crippen LogP contribution in [0.1, 0.15) is 76.8 Å². The highest BCUT2D eigenvalue weighted by atomic mass is 32.2. The Morgan fingerprint density at radius 3 is 2.72 bits per heavy atom. The third-order valence-corrected chi connectivity index (χ3v) is 9.28. The van der Waals surface area contributed by atoms with Crippen molar-refractivity contribution >= 4 is 11.9 Å². The first-order valence-electron chi connectivity index (χ1n) is 13.0. The summed E-state index contributed by atoms with van der Waals surface area (Å²) in [7, 11) is 0. The Kier molecular flexibility index (Phi) is 7.46. The number of nitrogens with zero attached hydrogens (tertiary/aromatic N) is 1. The van der Waals surface area contributed by atoms with E-state index in [-0.39, 0.29) is 5.54 Å². The van der Waals surface area contributed by atoms with Crippen LogP contribution in [0.5, 0.6) is 0 Å². The first-order chi connectivity index (χ1) is 15.6. The third kappa shape index (κ3) is 5.37. The van der Waals surface area contributed by atoms with Gasteiger partial charge in [-0.3, -0.25) is 20.3 Å². The molecule has 4 heterocycles. The maximum absolute atomic E-state index is 4.02. The van der Waals surface area contributed by atoms with E-state index in [2.05, 4.69) is 69.8 Å². The average molecular weight is 458 g/mol. The molecule has 4 saturated heterocycles. The van der Waals surface area contributed by atoms with Crippen molar-refractivity contribution in [2.75, 3.05) is 19.6 Å². The maximum atomic E-state index is 4.02. The molecule has 4 aliphatic rings. The summed E-state index contributed by atoms with van der Waals surface area (Å²) in [6.07, 6.45) is 11.1. The summed E-state index contributed by atoms with van der Waals surface area (Å²) >= 11 is 1.93. The van der Waals surface area contributed by atoms with Crippen LogP contribution < -0.4 is 20.7 Å². The van der Waals surface area contributed by atoms with Gasteiger partial charge in [0, 0.05) is 30.6 Å². The SMILES string of the molecule is CC1(C)C[C@@H]2CCC(c3ccccc3)NC3CCCC(N3)SNCC3CCCNC3N1C2. The molecule has 1 aromatic carbocycles. The lowest BCUT2D eigenvalue weighted by atomic mass is 9.89. The van der Waals surface area contributed by atoms with Gasteiger partial charge in [0.25, 0.3) is 0 Å². The number of hydrogen-bond donors (Lipinski definition) is 4. The zero-order chi connectivity index (χ0) is 22.0. The molecule has 4 aliphatic heterocycles. The number of hydrogen-bond acceptors (Lipinski definition) is 6. The summed E-state index contributed by atoms with van der Waals surface area (Å²) in [5.74, 6) is 1.47. The van der Waals surface area contributed by atoms with Gasteiger partial charge in [0.05, 0.1) is 17.7 Å². The first kappa shape index (κ1) is 23.1. The van der Waals surface area contributed by atoms with Gasteiger partial charge in [-0.25, -0.2) is 0 Å². The van der Waals surface area contributed by atoms with Crippen molar-refractivity contribution in [1.82, 2.24) is 25.6 Å².